The van der Waals surface area contributed by atoms with E-state index in [1.165, 1.54) is 13.1 Å². The van der Waals surface area contributed by atoms with Crippen LogP contribution in [0.3, 0.4) is 0 Å². The first kappa shape index (κ1) is 17.3. The first-order valence-electron chi connectivity index (χ1n) is 7.58. The Bertz CT molecular complexity index is 887. The zero-order valence-corrected chi connectivity index (χ0v) is 13.6. The average Bonchev–Trinajstić information content (AvgIpc) is 2.55. The molecule has 0 saturated heterocycles. The van der Waals surface area contributed by atoms with Gasteiger partial charge in [-0.25, -0.2) is 4.79 Å². The summed E-state index contributed by atoms with van der Waals surface area (Å²) in [7, 11) is 0. The van der Waals surface area contributed by atoms with Gasteiger partial charge in [-0.05, 0) is 25.1 Å². The van der Waals surface area contributed by atoms with Crippen LogP contribution in [0.15, 0.2) is 29.2 Å². The van der Waals surface area contributed by atoms with Gasteiger partial charge in [0.15, 0.2) is 0 Å². The second-order valence-electron chi connectivity index (χ2n) is 5.05. The molecule has 0 spiro atoms. The second kappa shape index (κ2) is 7.97. The van der Waals surface area contributed by atoms with Crippen molar-refractivity contribution in [2.24, 2.45) is 0 Å². The number of hydrogen-bond acceptors (Lipinski definition) is 4. The Morgan fingerprint density at radius 3 is 2.83 bits per heavy atom. The third-order valence-electron chi connectivity index (χ3n) is 3.23. The maximum Gasteiger partial charge on any atom is 0.343 e. The van der Waals surface area contributed by atoms with Gasteiger partial charge in [0.25, 0.3) is 0 Å². The molecule has 6 heteroatoms. The van der Waals surface area contributed by atoms with Crippen molar-refractivity contribution in [3.63, 3.8) is 0 Å². The van der Waals surface area contributed by atoms with Crippen LogP contribution in [0.2, 0.25) is 0 Å². The van der Waals surface area contributed by atoms with Crippen LogP contribution in [0.1, 0.15) is 36.2 Å². The number of nitrogens with one attached hydrogen (secondary N) is 2. The van der Waals surface area contributed by atoms with E-state index >= 15 is 0 Å². The van der Waals surface area contributed by atoms with E-state index in [-0.39, 0.29) is 23.5 Å². The summed E-state index contributed by atoms with van der Waals surface area (Å²) in [6.07, 6.45) is 1.87. The maximum atomic E-state index is 12.4. The van der Waals surface area contributed by atoms with E-state index in [4.69, 9.17) is 4.74 Å². The fourth-order valence-corrected chi connectivity index (χ4v) is 2.12. The van der Waals surface area contributed by atoms with Gasteiger partial charge in [-0.3, -0.25) is 9.59 Å². The fraction of sp³-hybridized carbons (Fsp3) is 0.278. The van der Waals surface area contributed by atoms with Gasteiger partial charge in [0.05, 0.1) is 6.61 Å². The number of hydrogen-bond donors (Lipinski definition) is 2. The summed E-state index contributed by atoms with van der Waals surface area (Å²) >= 11 is 0. The van der Waals surface area contributed by atoms with Crippen molar-refractivity contribution in [1.82, 2.24) is 10.3 Å². The summed E-state index contributed by atoms with van der Waals surface area (Å²) in [4.78, 5) is 37.9. The molecular weight excluding hydrogens is 308 g/mol. The maximum absolute atomic E-state index is 12.4. The number of pyridine rings is 1. The van der Waals surface area contributed by atoms with E-state index in [0.717, 1.165) is 0 Å². The topological polar surface area (TPSA) is 88.3 Å². The van der Waals surface area contributed by atoms with Crippen LogP contribution in [0.25, 0.3) is 10.9 Å². The highest BCUT2D eigenvalue weighted by Gasteiger charge is 2.13. The van der Waals surface area contributed by atoms with Gasteiger partial charge >= 0.3 is 5.97 Å². The Labute approximate surface area is 139 Å². The summed E-state index contributed by atoms with van der Waals surface area (Å²) in [6.45, 7) is 3.81. The number of carbonyl (C=O) groups excluding carboxylic acids is 2. The molecule has 0 radical (unpaired) electrons. The monoisotopic (exact) mass is 326 g/mol. The Morgan fingerprint density at radius 1 is 1.33 bits per heavy atom. The standard InChI is InChI=1S/C18H18N2O4/c1-3-24-18(23)15-11-20-16-8-7-13(10-14(16)17(15)22)6-4-5-9-19-12(2)21/h7-8,10-11H,3,5,9H2,1-2H3,(H,19,21)(H,20,22). The van der Waals surface area contributed by atoms with Crippen molar-refractivity contribution >= 4 is 22.8 Å². The zero-order valence-electron chi connectivity index (χ0n) is 13.6. The van der Waals surface area contributed by atoms with Crippen molar-refractivity contribution < 1.29 is 14.3 Å². The van der Waals surface area contributed by atoms with Gasteiger partial charge in [-0.15, -0.1) is 0 Å². The molecule has 124 valence electrons. The third-order valence-corrected chi connectivity index (χ3v) is 3.23. The highest BCUT2D eigenvalue weighted by Crippen LogP contribution is 2.11. The van der Waals surface area contributed by atoms with Crippen LogP contribution in [0.5, 0.6) is 0 Å². The van der Waals surface area contributed by atoms with E-state index < -0.39 is 5.97 Å². The van der Waals surface area contributed by atoms with Crippen LogP contribution in [0, 0.1) is 11.8 Å². The van der Waals surface area contributed by atoms with Crippen molar-refractivity contribution in [2.75, 3.05) is 13.2 Å². The number of ether oxygens (including phenoxy) is 1. The molecule has 0 bridgehead atoms. The van der Waals surface area contributed by atoms with Gasteiger partial charge in [0.2, 0.25) is 11.3 Å². The molecule has 2 rings (SSSR count). The molecule has 0 saturated carbocycles. The largest absolute Gasteiger partial charge is 0.462 e. The lowest BCUT2D eigenvalue weighted by atomic mass is 10.1. The van der Waals surface area contributed by atoms with Crippen LogP contribution in [-0.4, -0.2) is 30.0 Å². The van der Waals surface area contributed by atoms with Gasteiger partial charge in [-0.1, -0.05) is 11.8 Å². The average molecular weight is 326 g/mol. The number of aromatic amines is 1. The molecule has 1 heterocycles. The van der Waals surface area contributed by atoms with Gasteiger partial charge in [0, 0.05) is 42.6 Å². The predicted molar refractivity (Wildman–Crippen MR) is 90.7 cm³/mol. The zero-order chi connectivity index (χ0) is 17.5. The quantitative estimate of drug-likeness (QED) is 0.507. The molecule has 1 aromatic carbocycles. The normalized spacial score (nSPS) is 9.92. The molecule has 0 aliphatic heterocycles. The first-order chi connectivity index (χ1) is 11.5. The van der Waals surface area contributed by atoms with E-state index in [1.54, 1.807) is 25.1 Å². The Morgan fingerprint density at radius 2 is 2.12 bits per heavy atom. The minimum atomic E-state index is -0.646. The van der Waals surface area contributed by atoms with Crippen molar-refractivity contribution in [1.29, 1.82) is 0 Å². The van der Waals surface area contributed by atoms with E-state index in [1.807, 2.05) is 0 Å². The molecule has 0 aliphatic carbocycles. The van der Waals surface area contributed by atoms with E-state index in [0.29, 0.717) is 29.4 Å². The van der Waals surface area contributed by atoms with Crippen molar-refractivity contribution in [2.45, 2.75) is 20.3 Å². The highest BCUT2D eigenvalue weighted by molar-refractivity contribution is 5.93. The molecule has 0 atom stereocenters. The Hall–Kier alpha value is -3.07. The number of aromatic nitrogens is 1. The second-order valence-corrected chi connectivity index (χ2v) is 5.05. The van der Waals surface area contributed by atoms with Crippen molar-refractivity contribution in [3.05, 3.63) is 45.7 Å². The minimum Gasteiger partial charge on any atom is -0.462 e. The van der Waals surface area contributed by atoms with Crippen LogP contribution in [-0.2, 0) is 9.53 Å². The van der Waals surface area contributed by atoms with Gasteiger partial charge in [0.1, 0.15) is 5.56 Å². The molecule has 0 aliphatic rings. The molecule has 1 aromatic heterocycles. The lowest BCUT2D eigenvalue weighted by Gasteiger charge is -2.03. The van der Waals surface area contributed by atoms with Crippen molar-refractivity contribution in [3.8, 4) is 11.8 Å². The number of rotatable bonds is 4. The molecule has 1 amide bonds. The number of benzene rings is 1. The predicted octanol–water partition coefficient (Wildman–Crippen LogP) is 1.58. The fourth-order valence-electron chi connectivity index (χ4n) is 2.12. The first-order valence-corrected chi connectivity index (χ1v) is 7.58. The highest BCUT2D eigenvalue weighted by atomic mass is 16.5. The van der Waals surface area contributed by atoms with E-state index in [2.05, 4.69) is 22.1 Å². The molecule has 24 heavy (non-hydrogen) atoms. The van der Waals surface area contributed by atoms with Crippen LogP contribution < -0.4 is 10.7 Å². The molecule has 0 unspecified atom stereocenters. The summed E-state index contributed by atoms with van der Waals surface area (Å²) in [5.41, 5.74) is 0.873. The molecule has 2 aromatic rings. The SMILES string of the molecule is CCOC(=O)c1c[nH]c2ccc(C#CCCNC(C)=O)cc2c1=O. The van der Waals surface area contributed by atoms with Crippen LogP contribution >= 0.6 is 0 Å². The summed E-state index contributed by atoms with van der Waals surface area (Å²) in [5.74, 6) is 5.13. The number of H-pyrrole nitrogens is 1. The Balaban J connectivity index is 2.27. The molecule has 0 fully saturated rings. The summed E-state index contributed by atoms with van der Waals surface area (Å²) in [5, 5.41) is 3.04. The number of esters is 1. The van der Waals surface area contributed by atoms with Gasteiger partial charge < -0.3 is 15.0 Å². The molecule has 2 N–H and O–H groups in total. The minimum absolute atomic E-state index is 0.0277. The number of fused-ring (bicyclic) bond motifs is 1. The van der Waals surface area contributed by atoms with Gasteiger partial charge in [-0.2, -0.15) is 0 Å². The lowest BCUT2D eigenvalue weighted by Crippen LogP contribution is -2.20. The third kappa shape index (κ3) is 4.23. The molecular formula is C18H18N2O4. The number of amides is 1. The summed E-state index contributed by atoms with van der Waals surface area (Å²) < 4.78 is 4.88. The smallest absolute Gasteiger partial charge is 0.343 e. The lowest BCUT2D eigenvalue weighted by molar-refractivity contribution is -0.118. The number of carbonyl (C=O) groups is 2. The van der Waals surface area contributed by atoms with Crippen LogP contribution in [0.4, 0.5) is 0 Å². The summed E-state index contributed by atoms with van der Waals surface area (Å²) in [6, 6.07) is 5.17. The molecule has 6 nitrogen and oxygen atoms in total. The Kier molecular flexibility index (Phi) is 5.74. The van der Waals surface area contributed by atoms with E-state index in [9.17, 15) is 14.4 Å².